The van der Waals surface area contributed by atoms with Crippen LogP contribution in [-0.2, 0) is 15.0 Å². The lowest BCUT2D eigenvalue weighted by Crippen LogP contribution is -2.46. The van der Waals surface area contributed by atoms with Crippen molar-refractivity contribution in [1.29, 1.82) is 0 Å². The van der Waals surface area contributed by atoms with E-state index in [1.165, 1.54) is 30.4 Å². The first-order valence-corrected chi connectivity index (χ1v) is 10.7. The second-order valence-corrected chi connectivity index (χ2v) is 8.81. The van der Waals surface area contributed by atoms with Crippen molar-refractivity contribution in [1.82, 2.24) is 10.2 Å². The normalized spacial score (nSPS) is 24.6. The summed E-state index contributed by atoms with van der Waals surface area (Å²) in [6.07, 6.45) is 9.56. The maximum absolute atomic E-state index is 12.9. The van der Waals surface area contributed by atoms with Gasteiger partial charge in [-0.05, 0) is 54.6 Å². The first kappa shape index (κ1) is 18.5. The summed E-state index contributed by atoms with van der Waals surface area (Å²) in [5, 5.41) is 2.78. The van der Waals surface area contributed by atoms with Crippen LogP contribution in [0.1, 0.15) is 74.8 Å². The molecule has 2 aliphatic carbocycles. The summed E-state index contributed by atoms with van der Waals surface area (Å²) in [6.45, 7) is 1.74. The maximum Gasteiger partial charge on any atom is 0.225 e. The summed E-state index contributed by atoms with van der Waals surface area (Å²) >= 11 is 0. The molecular weight excluding hydrogens is 336 g/mol. The van der Waals surface area contributed by atoms with Crippen molar-refractivity contribution in [2.24, 2.45) is 5.92 Å². The molecule has 1 N–H and O–H groups in total. The summed E-state index contributed by atoms with van der Waals surface area (Å²) in [7, 11) is 1.72. The van der Waals surface area contributed by atoms with E-state index in [0.717, 1.165) is 45.2 Å². The van der Waals surface area contributed by atoms with Crippen LogP contribution in [0.5, 0.6) is 0 Å². The van der Waals surface area contributed by atoms with Gasteiger partial charge in [0.15, 0.2) is 0 Å². The van der Waals surface area contributed by atoms with Crippen LogP contribution in [0.15, 0.2) is 24.3 Å². The number of hydrogen-bond donors (Lipinski definition) is 1. The molecule has 1 aromatic carbocycles. The highest BCUT2D eigenvalue weighted by molar-refractivity contribution is 5.79. The van der Waals surface area contributed by atoms with Gasteiger partial charge in [-0.25, -0.2) is 0 Å². The number of carbonyl (C=O) groups excluding carboxylic acids is 2. The number of nitrogens with zero attached hydrogens (tertiary/aromatic N) is 1. The van der Waals surface area contributed by atoms with E-state index in [0.29, 0.717) is 18.2 Å². The fourth-order valence-electron chi connectivity index (χ4n) is 5.77. The first-order valence-electron chi connectivity index (χ1n) is 10.7. The number of likely N-dealkylation sites (tertiary alicyclic amines) is 1. The Morgan fingerprint density at radius 1 is 1.11 bits per heavy atom. The molecule has 2 amide bonds. The number of piperidine rings is 1. The highest BCUT2D eigenvalue weighted by Gasteiger charge is 2.46. The fraction of sp³-hybridized carbons (Fsp3) is 0.652. The summed E-state index contributed by atoms with van der Waals surface area (Å²) in [5.41, 5.74) is 2.94. The van der Waals surface area contributed by atoms with Gasteiger partial charge in [0.25, 0.3) is 0 Å². The SMILES string of the molecule is CNC(=O)C[C@H]1CC2(CCN(C(=O)C3CCCCC3)CC2)c2ccccc21. The second-order valence-electron chi connectivity index (χ2n) is 8.81. The number of nitrogens with one attached hydrogen (secondary N) is 1. The van der Waals surface area contributed by atoms with Crippen molar-refractivity contribution in [2.45, 2.75) is 69.1 Å². The largest absolute Gasteiger partial charge is 0.359 e. The minimum absolute atomic E-state index is 0.122. The number of hydrogen-bond acceptors (Lipinski definition) is 2. The molecule has 0 aromatic heterocycles. The monoisotopic (exact) mass is 368 g/mol. The van der Waals surface area contributed by atoms with E-state index in [2.05, 4.69) is 34.5 Å². The highest BCUT2D eigenvalue weighted by atomic mass is 16.2. The fourth-order valence-corrected chi connectivity index (χ4v) is 5.77. The molecule has 1 saturated heterocycles. The second kappa shape index (κ2) is 7.65. The number of benzene rings is 1. The number of fused-ring (bicyclic) bond motifs is 2. The van der Waals surface area contributed by atoms with Gasteiger partial charge in [0.2, 0.25) is 11.8 Å². The van der Waals surface area contributed by atoms with Gasteiger partial charge in [-0.15, -0.1) is 0 Å². The van der Waals surface area contributed by atoms with Gasteiger partial charge >= 0.3 is 0 Å². The molecule has 146 valence electrons. The quantitative estimate of drug-likeness (QED) is 0.883. The Bertz CT molecular complexity index is 700. The molecule has 4 rings (SSSR count). The summed E-state index contributed by atoms with van der Waals surface area (Å²) in [5.74, 6) is 1.10. The molecule has 0 radical (unpaired) electrons. The van der Waals surface area contributed by atoms with E-state index in [-0.39, 0.29) is 17.2 Å². The Morgan fingerprint density at radius 2 is 1.81 bits per heavy atom. The maximum atomic E-state index is 12.9. The molecule has 0 unspecified atom stereocenters. The molecule has 1 spiro atoms. The van der Waals surface area contributed by atoms with Gasteiger partial charge in [0, 0.05) is 32.5 Å². The molecule has 1 aliphatic heterocycles. The molecular formula is C23H32N2O2. The molecule has 1 aromatic rings. The van der Waals surface area contributed by atoms with Crippen molar-refractivity contribution < 1.29 is 9.59 Å². The summed E-state index contributed by atoms with van der Waals surface area (Å²) in [6, 6.07) is 8.69. The summed E-state index contributed by atoms with van der Waals surface area (Å²) in [4.78, 5) is 27.1. The van der Waals surface area contributed by atoms with Gasteiger partial charge in [-0.1, -0.05) is 43.5 Å². The predicted molar refractivity (Wildman–Crippen MR) is 107 cm³/mol. The lowest BCUT2D eigenvalue weighted by atomic mass is 9.73. The van der Waals surface area contributed by atoms with E-state index in [4.69, 9.17) is 0 Å². The smallest absolute Gasteiger partial charge is 0.225 e. The molecule has 1 atom stereocenters. The molecule has 27 heavy (non-hydrogen) atoms. The van der Waals surface area contributed by atoms with Crippen molar-refractivity contribution in [2.75, 3.05) is 20.1 Å². The highest BCUT2D eigenvalue weighted by Crippen LogP contribution is 2.52. The van der Waals surface area contributed by atoms with Crippen molar-refractivity contribution in [3.8, 4) is 0 Å². The van der Waals surface area contributed by atoms with Crippen LogP contribution in [0, 0.1) is 5.92 Å². The van der Waals surface area contributed by atoms with Crippen LogP contribution in [-0.4, -0.2) is 36.9 Å². The Labute approximate surface area is 162 Å². The van der Waals surface area contributed by atoms with E-state index < -0.39 is 0 Å². The molecule has 4 heteroatoms. The molecule has 2 fully saturated rings. The topological polar surface area (TPSA) is 49.4 Å². The van der Waals surface area contributed by atoms with Crippen LogP contribution in [0.4, 0.5) is 0 Å². The number of amides is 2. The third-order valence-corrected chi connectivity index (χ3v) is 7.31. The zero-order chi connectivity index (χ0) is 18.9. The Hall–Kier alpha value is -1.84. The van der Waals surface area contributed by atoms with Crippen LogP contribution in [0.2, 0.25) is 0 Å². The average molecular weight is 369 g/mol. The van der Waals surface area contributed by atoms with Crippen LogP contribution in [0.25, 0.3) is 0 Å². The molecule has 4 nitrogen and oxygen atoms in total. The van der Waals surface area contributed by atoms with Gasteiger partial charge < -0.3 is 10.2 Å². The van der Waals surface area contributed by atoms with Crippen molar-refractivity contribution in [3.63, 3.8) is 0 Å². The van der Waals surface area contributed by atoms with E-state index >= 15 is 0 Å². The lowest BCUT2D eigenvalue weighted by molar-refractivity contribution is -0.138. The standard InChI is InChI=1S/C23H32N2O2/c1-24-21(26)15-18-16-23(20-10-6-5-9-19(18)20)11-13-25(14-12-23)22(27)17-7-3-2-4-8-17/h5-6,9-10,17-18H,2-4,7-8,11-16H2,1H3,(H,24,26)/t18-/m0/s1. The Morgan fingerprint density at radius 3 is 2.52 bits per heavy atom. The number of carbonyl (C=O) groups is 2. The molecule has 1 heterocycles. The van der Waals surface area contributed by atoms with Gasteiger partial charge in [-0.2, -0.15) is 0 Å². The minimum Gasteiger partial charge on any atom is -0.359 e. The van der Waals surface area contributed by atoms with Crippen molar-refractivity contribution >= 4 is 11.8 Å². The van der Waals surface area contributed by atoms with E-state index in [9.17, 15) is 9.59 Å². The first-order chi connectivity index (χ1) is 13.1. The van der Waals surface area contributed by atoms with E-state index in [1.54, 1.807) is 7.05 Å². The van der Waals surface area contributed by atoms with Crippen molar-refractivity contribution in [3.05, 3.63) is 35.4 Å². The zero-order valence-corrected chi connectivity index (χ0v) is 16.5. The van der Waals surface area contributed by atoms with Gasteiger partial charge in [0.05, 0.1) is 0 Å². The number of rotatable bonds is 3. The summed E-state index contributed by atoms with van der Waals surface area (Å²) < 4.78 is 0. The lowest BCUT2D eigenvalue weighted by Gasteiger charge is -2.42. The molecule has 1 saturated carbocycles. The zero-order valence-electron chi connectivity index (χ0n) is 16.5. The Balaban J connectivity index is 1.47. The minimum atomic E-state index is 0.122. The molecule has 3 aliphatic rings. The van der Waals surface area contributed by atoms with Gasteiger partial charge in [0.1, 0.15) is 0 Å². The third kappa shape index (κ3) is 3.51. The Kier molecular flexibility index (Phi) is 5.25. The van der Waals surface area contributed by atoms with Crippen LogP contribution >= 0.6 is 0 Å². The van der Waals surface area contributed by atoms with Gasteiger partial charge in [-0.3, -0.25) is 9.59 Å². The van der Waals surface area contributed by atoms with E-state index in [1.807, 2.05) is 0 Å². The average Bonchev–Trinajstić information content (AvgIpc) is 3.02. The third-order valence-electron chi connectivity index (χ3n) is 7.31. The van der Waals surface area contributed by atoms with Crippen LogP contribution < -0.4 is 5.32 Å². The van der Waals surface area contributed by atoms with Crippen LogP contribution in [0.3, 0.4) is 0 Å². The predicted octanol–water partition coefficient (Wildman–Crippen LogP) is 3.75. The molecule has 0 bridgehead atoms.